The van der Waals surface area contributed by atoms with Crippen LogP contribution in [0.15, 0.2) is 4.90 Å². The average Bonchev–Trinajstić information content (AvgIpc) is 2.97. The number of hydrogen-bond donors (Lipinski definition) is 2. The van der Waals surface area contributed by atoms with Crippen LogP contribution in [0.1, 0.15) is 42.8 Å². The van der Waals surface area contributed by atoms with E-state index in [1.807, 2.05) is 0 Å². The van der Waals surface area contributed by atoms with E-state index in [-0.39, 0.29) is 21.8 Å². The Bertz CT molecular complexity index is 643. The fourth-order valence-corrected chi connectivity index (χ4v) is 4.54. The van der Waals surface area contributed by atoms with Crippen LogP contribution >= 0.6 is 11.3 Å². The molecule has 3 N–H and O–H groups in total. The number of sulfone groups is 1. The molecule has 112 valence electrons. The predicted octanol–water partition coefficient (Wildman–Crippen LogP) is 2.54. The summed E-state index contributed by atoms with van der Waals surface area (Å²) in [6, 6.07) is 0. The van der Waals surface area contributed by atoms with E-state index < -0.39 is 9.84 Å². The molecule has 7 heteroatoms. The van der Waals surface area contributed by atoms with E-state index in [0.717, 1.165) is 30.4 Å². The summed E-state index contributed by atoms with van der Waals surface area (Å²) in [6.07, 6.45) is 3.70. The normalized spacial score (nSPS) is 16.9. The number of anilines is 2. The molecule has 1 aromatic heterocycles. The molecule has 20 heavy (non-hydrogen) atoms. The lowest BCUT2D eigenvalue weighted by Gasteiger charge is -2.11. The quantitative estimate of drug-likeness (QED) is 0.787. The standard InChI is InChI=1S/C13H20N2O3S2/c1-4-8(16)10-9(14)11(20(3,17)18)12(19-10)15-7-13(2)5-6-13/h15H,4-7,14H2,1-3H3. The SMILES string of the molecule is CCC(=O)c1sc(NCC2(C)CC2)c(S(C)(=O)=O)c1N. The lowest BCUT2D eigenvalue weighted by atomic mass is 10.1. The number of rotatable bonds is 6. The Morgan fingerprint density at radius 2 is 2.05 bits per heavy atom. The van der Waals surface area contributed by atoms with E-state index in [4.69, 9.17) is 5.73 Å². The third-order valence-electron chi connectivity index (χ3n) is 3.62. The van der Waals surface area contributed by atoms with Gasteiger partial charge in [0.05, 0.1) is 10.6 Å². The zero-order valence-electron chi connectivity index (χ0n) is 11.9. The minimum absolute atomic E-state index is 0.0727. The summed E-state index contributed by atoms with van der Waals surface area (Å²) in [7, 11) is -3.46. The minimum Gasteiger partial charge on any atom is -0.396 e. The van der Waals surface area contributed by atoms with E-state index >= 15 is 0 Å². The number of nitrogens with one attached hydrogen (secondary N) is 1. The van der Waals surface area contributed by atoms with Crippen molar-refractivity contribution in [1.82, 2.24) is 0 Å². The van der Waals surface area contributed by atoms with Gasteiger partial charge in [-0.25, -0.2) is 8.42 Å². The van der Waals surface area contributed by atoms with Crippen molar-refractivity contribution >= 4 is 37.6 Å². The zero-order valence-corrected chi connectivity index (χ0v) is 13.6. The van der Waals surface area contributed by atoms with Crippen molar-refractivity contribution in [2.45, 2.75) is 38.0 Å². The van der Waals surface area contributed by atoms with Gasteiger partial charge in [-0.1, -0.05) is 13.8 Å². The third-order valence-corrected chi connectivity index (χ3v) is 6.12. The van der Waals surface area contributed by atoms with Gasteiger partial charge in [-0.3, -0.25) is 4.79 Å². The Morgan fingerprint density at radius 1 is 1.45 bits per heavy atom. The predicted molar refractivity (Wildman–Crippen MR) is 82.3 cm³/mol. The highest BCUT2D eigenvalue weighted by Gasteiger charge is 2.37. The highest BCUT2D eigenvalue weighted by atomic mass is 32.2. The second-order valence-corrected chi connectivity index (χ2v) is 8.69. The molecule has 1 aliphatic rings. The van der Waals surface area contributed by atoms with Gasteiger partial charge in [0.2, 0.25) is 0 Å². The molecule has 0 spiro atoms. The molecule has 1 heterocycles. The number of Topliss-reactive ketones (excluding diaryl/α,β-unsaturated/α-hetero) is 1. The first kappa shape index (κ1) is 15.3. The van der Waals surface area contributed by atoms with Crippen molar-refractivity contribution in [3.63, 3.8) is 0 Å². The van der Waals surface area contributed by atoms with Crippen LogP contribution < -0.4 is 11.1 Å². The van der Waals surface area contributed by atoms with Gasteiger partial charge < -0.3 is 11.1 Å². The molecule has 0 unspecified atom stereocenters. The molecular weight excluding hydrogens is 296 g/mol. The monoisotopic (exact) mass is 316 g/mol. The van der Waals surface area contributed by atoms with E-state index in [2.05, 4.69) is 12.2 Å². The zero-order chi connectivity index (χ0) is 15.1. The first-order valence-electron chi connectivity index (χ1n) is 6.57. The molecule has 0 aliphatic heterocycles. The highest BCUT2D eigenvalue weighted by molar-refractivity contribution is 7.91. The highest BCUT2D eigenvalue weighted by Crippen LogP contribution is 2.46. The largest absolute Gasteiger partial charge is 0.396 e. The van der Waals surface area contributed by atoms with Gasteiger partial charge in [0.1, 0.15) is 9.90 Å². The molecule has 5 nitrogen and oxygen atoms in total. The summed E-state index contributed by atoms with van der Waals surface area (Å²) in [4.78, 5) is 12.3. The molecule has 0 bridgehead atoms. The maximum absolute atomic E-state index is 11.9. The van der Waals surface area contributed by atoms with E-state index in [1.54, 1.807) is 6.92 Å². The van der Waals surface area contributed by atoms with Gasteiger partial charge in [0, 0.05) is 19.2 Å². The number of carbonyl (C=O) groups excluding carboxylic acids is 1. The molecule has 1 aliphatic carbocycles. The van der Waals surface area contributed by atoms with Gasteiger partial charge in [0.25, 0.3) is 0 Å². The van der Waals surface area contributed by atoms with Gasteiger partial charge in [0.15, 0.2) is 15.6 Å². The number of nitrogens with two attached hydrogens (primary N) is 1. The fraction of sp³-hybridized carbons (Fsp3) is 0.615. The number of thiophene rings is 1. The summed E-state index contributed by atoms with van der Waals surface area (Å²) in [6.45, 7) is 4.59. The maximum atomic E-state index is 11.9. The van der Waals surface area contributed by atoms with Crippen molar-refractivity contribution in [2.75, 3.05) is 23.9 Å². The number of nitrogen functional groups attached to an aromatic ring is 1. The van der Waals surface area contributed by atoms with Crippen molar-refractivity contribution < 1.29 is 13.2 Å². The second-order valence-electron chi connectivity index (χ2n) is 5.72. The summed E-state index contributed by atoms with van der Waals surface area (Å²) in [5.41, 5.74) is 6.22. The maximum Gasteiger partial charge on any atom is 0.180 e. The topological polar surface area (TPSA) is 89.3 Å². The average molecular weight is 316 g/mol. The molecule has 0 amide bonds. The van der Waals surface area contributed by atoms with Crippen LogP contribution in [0.2, 0.25) is 0 Å². The molecule has 0 saturated heterocycles. The molecule has 0 radical (unpaired) electrons. The van der Waals surface area contributed by atoms with Crippen LogP contribution in [-0.4, -0.2) is 27.0 Å². The number of hydrogen-bond acceptors (Lipinski definition) is 6. The molecule has 0 aromatic carbocycles. The van der Waals surface area contributed by atoms with Gasteiger partial charge in [-0.15, -0.1) is 11.3 Å². The van der Waals surface area contributed by atoms with Crippen LogP contribution in [0, 0.1) is 5.41 Å². The number of ketones is 1. The molecule has 1 saturated carbocycles. The fourth-order valence-electron chi connectivity index (χ4n) is 1.96. The van der Waals surface area contributed by atoms with Crippen LogP contribution in [0.4, 0.5) is 10.7 Å². The van der Waals surface area contributed by atoms with E-state index in [9.17, 15) is 13.2 Å². The van der Waals surface area contributed by atoms with Crippen molar-refractivity contribution in [1.29, 1.82) is 0 Å². The summed E-state index contributed by atoms with van der Waals surface area (Å²) in [5.74, 6) is -0.122. The summed E-state index contributed by atoms with van der Waals surface area (Å²) in [5, 5.41) is 3.66. The Morgan fingerprint density at radius 3 is 2.50 bits per heavy atom. The first-order chi connectivity index (χ1) is 9.18. The first-order valence-corrected chi connectivity index (χ1v) is 9.28. The molecule has 2 rings (SSSR count). The van der Waals surface area contributed by atoms with Crippen molar-refractivity contribution in [3.8, 4) is 0 Å². The Hall–Kier alpha value is -1.08. The van der Waals surface area contributed by atoms with Crippen molar-refractivity contribution in [2.24, 2.45) is 5.41 Å². The summed E-state index contributed by atoms with van der Waals surface area (Å²) < 4.78 is 23.8. The van der Waals surface area contributed by atoms with Gasteiger partial charge >= 0.3 is 0 Å². The Labute approximate surface area is 123 Å². The lowest BCUT2D eigenvalue weighted by molar-refractivity contribution is 0.0992. The minimum atomic E-state index is -3.46. The smallest absolute Gasteiger partial charge is 0.180 e. The molecule has 1 fully saturated rings. The van der Waals surface area contributed by atoms with E-state index in [0.29, 0.717) is 22.8 Å². The summed E-state index contributed by atoms with van der Waals surface area (Å²) >= 11 is 1.15. The van der Waals surface area contributed by atoms with E-state index in [1.165, 1.54) is 0 Å². The molecule has 1 aromatic rings. The lowest BCUT2D eigenvalue weighted by Crippen LogP contribution is -2.13. The molecular formula is C13H20N2O3S2. The van der Waals surface area contributed by atoms with Crippen molar-refractivity contribution in [3.05, 3.63) is 4.88 Å². The van der Waals surface area contributed by atoms with Gasteiger partial charge in [-0.2, -0.15) is 0 Å². The van der Waals surface area contributed by atoms with Crippen LogP contribution in [0.25, 0.3) is 0 Å². The van der Waals surface area contributed by atoms with Crippen LogP contribution in [-0.2, 0) is 9.84 Å². The number of carbonyl (C=O) groups is 1. The van der Waals surface area contributed by atoms with Gasteiger partial charge in [-0.05, 0) is 18.3 Å². The van der Waals surface area contributed by atoms with Crippen LogP contribution in [0.5, 0.6) is 0 Å². The van der Waals surface area contributed by atoms with Crippen LogP contribution in [0.3, 0.4) is 0 Å². The third kappa shape index (κ3) is 2.98. The Kier molecular flexibility index (Phi) is 3.85. The second kappa shape index (κ2) is 5.04. The Balaban J connectivity index is 2.40. The molecule has 0 atom stereocenters.